The van der Waals surface area contributed by atoms with Crippen LogP contribution in [0.3, 0.4) is 0 Å². The third-order valence-electron chi connectivity index (χ3n) is 2.58. The third kappa shape index (κ3) is 2.94. The van der Waals surface area contributed by atoms with Crippen molar-refractivity contribution in [2.24, 2.45) is 5.73 Å². The SMILES string of the molecule is NCC(=O)c1cc(Cl)cc(N2CCOCC2)n1. The standard InChI is InChI=1S/C11H14ClN3O2/c12-8-5-9(10(16)7-13)14-11(6-8)15-1-3-17-4-2-15/h5-6H,1-4,7,13H2. The van der Waals surface area contributed by atoms with Gasteiger partial charge in [0.25, 0.3) is 0 Å². The van der Waals surface area contributed by atoms with Gasteiger partial charge < -0.3 is 15.4 Å². The Kier molecular flexibility index (Phi) is 3.93. The minimum Gasteiger partial charge on any atom is -0.378 e. The number of hydrogen-bond donors (Lipinski definition) is 1. The van der Waals surface area contributed by atoms with E-state index in [1.54, 1.807) is 12.1 Å². The molecule has 0 bridgehead atoms. The summed E-state index contributed by atoms with van der Waals surface area (Å²) >= 11 is 5.98. The fourth-order valence-corrected chi connectivity index (χ4v) is 1.89. The van der Waals surface area contributed by atoms with Gasteiger partial charge in [-0.25, -0.2) is 4.98 Å². The zero-order valence-electron chi connectivity index (χ0n) is 9.36. The Morgan fingerprint density at radius 1 is 1.47 bits per heavy atom. The predicted octanol–water partition coefficient (Wildman–Crippen LogP) is 0.713. The van der Waals surface area contributed by atoms with Gasteiger partial charge in [-0.1, -0.05) is 11.6 Å². The highest BCUT2D eigenvalue weighted by Gasteiger charge is 2.15. The number of nitrogens with zero attached hydrogens (tertiary/aromatic N) is 2. The van der Waals surface area contributed by atoms with Crippen LogP contribution < -0.4 is 10.6 Å². The van der Waals surface area contributed by atoms with E-state index < -0.39 is 0 Å². The molecule has 0 aliphatic carbocycles. The molecular formula is C11H14ClN3O2. The molecule has 0 atom stereocenters. The highest BCUT2D eigenvalue weighted by atomic mass is 35.5. The first kappa shape index (κ1) is 12.3. The minimum atomic E-state index is -0.206. The van der Waals surface area contributed by atoms with Crippen LogP contribution >= 0.6 is 11.6 Å². The Bertz CT molecular complexity index is 419. The van der Waals surface area contributed by atoms with Gasteiger partial charge >= 0.3 is 0 Å². The molecule has 0 unspecified atom stereocenters. The van der Waals surface area contributed by atoms with Crippen LogP contribution in [0.15, 0.2) is 12.1 Å². The maximum Gasteiger partial charge on any atom is 0.194 e. The van der Waals surface area contributed by atoms with Gasteiger partial charge in [-0.05, 0) is 12.1 Å². The molecule has 5 nitrogen and oxygen atoms in total. The number of rotatable bonds is 3. The molecule has 1 fully saturated rings. The molecule has 0 radical (unpaired) electrons. The smallest absolute Gasteiger partial charge is 0.194 e. The lowest BCUT2D eigenvalue weighted by atomic mass is 10.2. The molecule has 92 valence electrons. The van der Waals surface area contributed by atoms with Gasteiger partial charge in [-0.3, -0.25) is 4.79 Å². The Morgan fingerprint density at radius 3 is 2.82 bits per heavy atom. The number of carbonyl (C=O) groups is 1. The van der Waals surface area contributed by atoms with Gasteiger partial charge in [0.15, 0.2) is 5.78 Å². The molecule has 2 rings (SSSR count). The van der Waals surface area contributed by atoms with Crippen LogP contribution in [0.25, 0.3) is 0 Å². The normalized spacial score (nSPS) is 16.0. The lowest BCUT2D eigenvalue weighted by molar-refractivity contribution is 0.0996. The number of ketones is 1. The highest BCUT2D eigenvalue weighted by Crippen LogP contribution is 2.20. The van der Waals surface area contributed by atoms with Crippen molar-refractivity contribution < 1.29 is 9.53 Å². The lowest BCUT2D eigenvalue weighted by Crippen LogP contribution is -2.37. The molecule has 1 saturated heterocycles. The van der Waals surface area contributed by atoms with Crippen LogP contribution in [0.5, 0.6) is 0 Å². The average Bonchev–Trinajstić information content (AvgIpc) is 2.38. The molecule has 2 heterocycles. The molecule has 2 N–H and O–H groups in total. The zero-order valence-corrected chi connectivity index (χ0v) is 10.1. The van der Waals surface area contributed by atoms with Crippen molar-refractivity contribution in [2.75, 3.05) is 37.7 Å². The fourth-order valence-electron chi connectivity index (χ4n) is 1.69. The first-order valence-electron chi connectivity index (χ1n) is 5.44. The summed E-state index contributed by atoms with van der Waals surface area (Å²) in [6.45, 7) is 2.77. The Hall–Kier alpha value is -1.17. The lowest BCUT2D eigenvalue weighted by Gasteiger charge is -2.28. The Balaban J connectivity index is 2.27. The van der Waals surface area contributed by atoms with E-state index in [4.69, 9.17) is 22.1 Å². The fraction of sp³-hybridized carbons (Fsp3) is 0.455. The van der Waals surface area contributed by atoms with Crippen LogP contribution in [-0.2, 0) is 4.74 Å². The molecule has 6 heteroatoms. The van der Waals surface area contributed by atoms with Crippen LogP contribution in [0.1, 0.15) is 10.5 Å². The average molecular weight is 256 g/mol. The predicted molar refractivity (Wildman–Crippen MR) is 65.7 cm³/mol. The van der Waals surface area contributed by atoms with E-state index in [1.165, 1.54) is 0 Å². The maximum atomic E-state index is 11.5. The van der Waals surface area contributed by atoms with Crippen molar-refractivity contribution in [3.63, 3.8) is 0 Å². The van der Waals surface area contributed by atoms with Crippen molar-refractivity contribution >= 4 is 23.2 Å². The molecule has 0 saturated carbocycles. The summed E-state index contributed by atoms with van der Waals surface area (Å²) in [5.41, 5.74) is 5.64. The summed E-state index contributed by atoms with van der Waals surface area (Å²) in [6.07, 6.45) is 0. The van der Waals surface area contributed by atoms with Crippen molar-refractivity contribution in [1.82, 2.24) is 4.98 Å². The topological polar surface area (TPSA) is 68.5 Å². The number of carbonyl (C=O) groups excluding carboxylic acids is 1. The van der Waals surface area contributed by atoms with E-state index in [-0.39, 0.29) is 12.3 Å². The second kappa shape index (κ2) is 5.44. The van der Waals surface area contributed by atoms with E-state index in [0.717, 1.165) is 13.1 Å². The monoisotopic (exact) mass is 255 g/mol. The number of Topliss-reactive ketones (excluding diaryl/α,β-unsaturated/α-hetero) is 1. The number of aromatic nitrogens is 1. The molecule has 0 aromatic carbocycles. The minimum absolute atomic E-state index is 0.0596. The summed E-state index contributed by atoms with van der Waals surface area (Å²) in [5.74, 6) is 0.500. The van der Waals surface area contributed by atoms with E-state index in [2.05, 4.69) is 4.98 Å². The summed E-state index contributed by atoms with van der Waals surface area (Å²) in [4.78, 5) is 17.8. The molecule has 0 amide bonds. The molecule has 1 aliphatic rings. The first-order chi connectivity index (χ1) is 8.20. The zero-order chi connectivity index (χ0) is 12.3. The largest absolute Gasteiger partial charge is 0.378 e. The summed E-state index contributed by atoms with van der Waals surface area (Å²) in [6, 6.07) is 3.29. The molecule has 1 aliphatic heterocycles. The van der Waals surface area contributed by atoms with E-state index in [0.29, 0.717) is 29.7 Å². The van der Waals surface area contributed by atoms with Crippen LogP contribution in [0.4, 0.5) is 5.82 Å². The third-order valence-corrected chi connectivity index (χ3v) is 2.80. The quantitative estimate of drug-likeness (QED) is 0.806. The number of pyridine rings is 1. The number of anilines is 1. The van der Waals surface area contributed by atoms with Crippen molar-refractivity contribution in [3.8, 4) is 0 Å². The molecule has 1 aromatic heterocycles. The molecular weight excluding hydrogens is 242 g/mol. The van der Waals surface area contributed by atoms with Crippen molar-refractivity contribution in [3.05, 3.63) is 22.8 Å². The van der Waals surface area contributed by atoms with E-state index in [9.17, 15) is 4.79 Å². The van der Waals surface area contributed by atoms with E-state index >= 15 is 0 Å². The van der Waals surface area contributed by atoms with Crippen LogP contribution in [-0.4, -0.2) is 43.6 Å². The number of nitrogens with two attached hydrogens (primary N) is 1. The summed E-state index contributed by atoms with van der Waals surface area (Å²) in [7, 11) is 0. The highest BCUT2D eigenvalue weighted by molar-refractivity contribution is 6.31. The van der Waals surface area contributed by atoms with Crippen molar-refractivity contribution in [2.45, 2.75) is 0 Å². The van der Waals surface area contributed by atoms with Gasteiger partial charge in [-0.15, -0.1) is 0 Å². The Morgan fingerprint density at radius 2 is 2.18 bits per heavy atom. The maximum absolute atomic E-state index is 11.5. The molecule has 0 spiro atoms. The van der Waals surface area contributed by atoms with Gasteiger partial charge in [0.2, 0.25) is 0 Å². The second-order valence-electron chi connectivity index (χ2n) is 3.76. The van der Waals surface area contributed by atoms with Crippen LogP contribution in [0.2, 0.25) is 5.02 Å². The molecule has 17 heavy (non-hydrogen) atoms. The number of morpholine rings is 1. The Labute approximate surface area is 105 Å². The molecule has 1 aromatic rings. The number of halogens is 1. The first-order valence-corrected chi connectivity index (χ1v) is 5.82. The van der Waals surface area contributed by atoms with Crippen LogP contribution in [0, 0.1) is 0 Å². The van der Waals surface area contributed by atoms with Gasteiger partial charge in [-0.2, -0.15) is 0 Å². The summed E-state index contributed by atoms with van der Waals surface area (Å²) < 4.78 is 5.26. The van der Waals surface area contributed by atoms with Gasteiger partial charge in [0.05, 0.1) is 19.8 Å². The van der Waals surface area contributed by atoms with Crippen molar-refractivity contribution in [1.29, 1.82) is 0 Å². The van der Waals surface area contributed by atoms with E-state index in [1.807, 2.05) is 4.90 Å². The summed E-state index contributed by atoms with van der Waals surface area (Å²) in [5, 5.41) is 0.498. The second-order valence-corrected chi connectivity index (χ2v) is 4.19. The van der Waals surface area contributed by atoms with Gasteiger partial charge in [0.1, 0.15) is 11.5 Å². The number of hydrogen-bond acceptors (Lipinski definition) is 5. The number of ether oxygens (including phenoxy) is 1. The van der Waals surface area contributed by atoms with Gasteiger partial charge in [0, 0.05) is 18.1 Å².